The molecule has 39 heavy (non-hydrogen) atoms. The monoisotopic (exact) mass is 547 g/mol. The fraction of sp³-hybridized carbons (Fsp3) is 0.750. The molecule has 2 saturated heterocycles. The highest BCUT2D eigenvalue weighted by Gasteiger charge is 2.27. The van der Waals surface area contributed by atoms with Crippen LogP contribution in [-0.2, 0) is 0 Å². The molecule has 11 nitrogen and oxygen atoms in total. The van der Waals surface area contributed by atoms with Crippen molar-refractivity contribution in [3.8, 4) is 0 Å². The summed E-state index contributed by atoms with van der Waals surface area (Å²) in [5.74, 6) is 2.84. The van der Waals surface area contributed by atoms with E-state index in [4.69, 9.17) is 15.0 Å². The highest BCUT2D eigenvalue weighted by molar-refractivity contribution is 6.00. The standard InChI is InChI=1S/C28H49N7O4/c1-22(2)25(34(14-18-36)15-19-37)30-27(33-12-8-5-9-13-33)24-23(3)26(32-10-6-4-7-11-32)31-28(29-24)35(16-20-38)17-21-39/h36-39H,4-21H2,1-3H3/b30-27+. The van der Waals surface area contributed by atoms with E-state index in [0.717, 1.165) is 86.2 Å². The van der Waals surface area contributed by atoms with Crippen molar-refractivity contribution in [1.82, 2.24) is 19.8 Å². The lowest BCUT2D eigenvalue weighted by atomic mass is 10.1. The van der Waals surface area contributed by atoms with E-state index in [0.29, 0.717) is 32.1 Å². The molecule has 0 spiro atoms. The molecular weight excluding hydrogens is 498 g/mol. The van der Waals surface area contributed by atoms with Crippen LogP contribution in [0.5, 0.6) is 0 Å². The predicted octanol–water partition coefficient (Wildman–Crippen LogP) is 1.34. The molecule has 3 heterocycles. The normalized spacial score (nSPS) is 16.4. The Morgan fingerprint density at radius 2 is 1.31 bits per heavy atom. The van der Waals surface area contributed by atoms with Crippen LogP contribution in [0.4, 0.5) is 11.8 Å². The molecule has 0 unspecified atom stereocenters. The number of likely N-dealkylation sites (tertiary alicyclic amines) is 1. The van der Waals surface area contributed by atoms with Crippen LogP contribution < -0.4 is 9.80 Å². The number of aliphatic imine (C=N–C) groups is 1. The molecule has 0 saturated carbocycles. The highest BCUT2D eigenvalue weighted by atomic mass is 16.3. The molecule has 0 atom stereocenters. The van der Waals surface area contributed by atoms with Gasteiger partial charge in [0.05, 0.1) is 26.4 Å². The van der Waals surface area contributed by atoms with Gasteiger partial charge in [0.25, 0.3) is 0 Å². The van der Waals surface area contributed by atoms with Crippen molar-refractivity contribution < 1.29 is 20.4 Å². The van der Waals surface area contributed by atoms with Gasteiger partial charge in [-0.2, -0.15) is 4.98 Å². The molecule has 0 bridgehead atoms. The van der Waals surface area contributed by atoms with Gasteiger partial charge in [0, 0.05) is 57.9 Å². The van der Waals surface area contributed by atoms with E-state index < -0.39 is 0 Å². The van der Waals surface area contributed by atoms with E-state index in [1.807, 2.05) is 23.6 Å². The third-order valence-electron chi connectivity index (χ3n) is 7.35. The number of aromatic nitrogens is 2. The van der Waals surface area contributed by atoms with Gasteiger partial charge < -0.3 is 40.0 Å². The number of piperidine rings is 2. The summed E-state index contributed by atoms with van der Waals surface area (Å²) < 4.78 is 0. The molecule has 0 aliphatic carbocycles. The molecule has 3 rings (SSSR count). The number of hydrogen-bond donors (Lipinski definition) is 4. The molecular formula is C28H49N7O4. The van der Waals surface area contributed by atoms with Crippen LogP contribution in [0.15, 0.2) is 16.4 Å². The number of aliphatic hydroxyl groups is 4. The van der Waals surface area contributed by atoms with Gasteiger partial charge in [0.1, 0.15) is 17.3 Å². The molecule has 1 aromatic heterocycles. The van der Waals surface area contributed by atoms with Crippen molar-refractivity contribution in [2.75, 3.05) is 88.6 Å². The lowest BCUT2D eigenvalue weighted by molar-refractivity contribution is 0.186. The Kier molecular flexibility index (Phi) is 12.7. The first-order valence-electron chi connectivity index (χ1n) is 14.5. The van der Waals surface area contributed by atoms with Crippen molar-refractivity contribution in [3.05, 3.63) is 22.7 Å². The fourth-order valence-corrected chi connectivity index (χ4v) is 5.36. The third kappa shape index (κ3) is 8.26. The van der Waals surface area contributed by atoms with Gasteiger partial charge in [-0.3, -0.25) is 0 Å². The zero-order valence-electron chi connectivity index (χ0n) is 24.1. The van der Waals surface area contributed by atoms with Crippen LogP contribution in [0.25, 0.3) is 0 Å². The second-order valence-electron chi connectivity index (χ2n) is 10.5. The average Bonchev–Trinajstić information content (AvgIpc) is 2.95. The zero-order chi connectivity index (χ0) is 28.2. The van der Waals surface area contributed by atoms with E-state index in [9.17, 15) is 20.4 Å². The van der Waals surface area contributed by atoms with Gasteiger partial charge in [0.2, 0.25) is 5.95 Å². The maximum absolute atomic E-state index is 9.75. The van der Waals surface area contributed by atoms with Crippen LogP contribution in [0, 0.1) is 6.92 Å². The molecule has 1 aromatic rings. The molecule has 0 aromatic carbocycles. The minimum atomic E-state index is -0.0715. The number of hydrogen-bond acceptors (Lipinski definition) is 10. The van der Waals surface area contributed by atoms with Gasteiger partial charge in [-0.25, -0.2) is 9.98 Å². The average molecular weight is 548 g/mol. The number of anilines is 2. The smallest absolute Gasteiger partial charge is 0.228 e. The summed E-state index contributed by atoms with van der Waals surface area (Å²) in [6.45, 7) is 10.8. The molecule has 220 valence electrons. The summed E-state index contributed by atoms with van der Waals surface area (Å²) >= 11 is 0. The zero-order valence-corrected chi connectivity index (χ0v) is 24.1. The third-order valence-corrected chi connectivity index (χ3v) is 7.35. The summed E-state index contributed by atoms with van der Waals surface area (Å²) in [5.41, 5.74) is 2.69. The van der Waals surface area contributed by atoms with E-state index in [-0.39, 0.29) is 26.4 Å². The van der Waals surface area contributed by atoms with E-state index in [1.54, 1.807) is 0 Å². The summed E-state index contributed by atoms with van der Waals surface area (Å²) in [4.78, 5) is 23.7. The number of aliphatic hydroxyl groups excluding tert-OH is 4. The maximum Gasteiger partial charge on any atom is 0.228 e. The first-order chi connectivity index (χ1) is 18.9. The van der Waals surface area contributed by atoms with Crippen molar-refractivity contribution >= 4 is 17.6 Å². The second-order valence-corrected chi connectivity index (χ2v) is 10.5. The lowest BCUT2D eigenvalue weighted by Crippen LogP contribution is -2.40. The van der Waals surface area contributed by atoms with Crippen LogP contribution >= 0.6 is 0 Å². The number of rotatable bonds is 13. The van der Waals surface area contributed by atoms with E-state index in [1.165, 1.54) is 12.8 Å². The molecule has 2 fully saturated rings. The maximum atomic E-state index is 9.75. The molecule has 11 heteroatoms. The molecule has 2 aliphatic heterocycles. The molecule has 0 radical (unpaired) electrons. The highest BCUT2D eigenvalue weighted by Crippen LogP contribution is 2.29. The summed E-state index contributed by atoms with van der Waals surface area (Å²) in [6.07, 6.45) is 6.73. The van der Waals surface area contributed by atoms with Crippen molar-refractivity contribution in [1.29, 1.82) is 0 Å². The first-order valence-corrected chi connectivity index (χ1v) is 14.5. The minimum absolute atomic E-state index is 0.0432. The van der Waals surface area contributed by atoms with Crippen LogP contribution in [0.1, 0.15) is 63.6 Å². The number of nitrogens with zero attached hydrogens (tertiary/aromatic N) is 7. The second kappa shape index (κ2) is 16.0. The van der Waals surface area contributed by atoms with Gasteiger partial charge >= 0.3 is 0 Å². The Morgan fingerprint density at radius 3 is 1.82 bits per heavy atom. The molecule has 0 amide bonds. The molecule has 2 aliphatic rings. The first kappa shape index (κ1) is 31.1. The van der Waals surface area contributed by atoms with Crippen molar-refractivity contribution in [2.24, 2.45) is 4.99 Å². The van der Waals surface area contributed by atoms with Gasteiger partial charge in [-0.15, -0.1) is 0 Å². The SMILES string of the molecule is CC(C)=C(/N=C(\c1nc(N(CCO)CCO)nc(N2CCCCC2)c1C)N1CCCCC1)N(CCO)CCO. The van der Waals surface area contributed by atoms with Crippen LogP contribution in [0.2, 0.25) is 0 Å². The lowest BCUT2D eigenvalue weighted by Gasteiger charge is -2.34. The van der Waals surface area contributed by atoms with Gasteiger partial charge in [0.15, 0.2) is 5.84 Å². The predicted molar refractivity (Wildman–Crippen MR) is 155 cm³/mol. The van der Waals surface area contributed by atoms with Gasteiger partial charge in [-0.05, 0) is 64.9 Å². The Bertz CT molecular complexity index is 943. The summed E-state index contributed by atoms with van der Waals surface area (Å²) in [6, 6.07) is 0. The summed E-state index contributed by atoms with van der Waals surface area (Å²) in [7, 11) is 0. The Morgan fingerprint density at radius 1 is 0.769 bits per heavy atom. The topological polar surface area (TPSA) is 132 Å². The fourth-order valence-electron chi connectivity index (χ4n) is 5.36. The van der Waals surface area contributed by atoms with E-state index in [2.05, 4.69) is 16.7 Å². The minimum Gasteiger partial charge on any atom is -0.395 e. The van der Waals surface area contributed by atoms with Crippen molar-refractivity contribution in [3.63, 3.8) is 0 Å². The Labute approximate surface area is 233 Å². The quantitative estimate of drug-likeness (QED) is 0.212. The largest absolute Gasteiger partial charge is 0.395 e. The Hall–Kier alpha value is -2.47. The number of amidine groups is 1. The molecule has 4 N–H and O–H groups in total. The Balaban J connectivity index is 2.25. The number of allylic oxidation sites excluding steroid dienone is 1. The summed E-state index contributed by atoms with van der Waals surface area (Å²) in [5, 5.41) is 39.0. The van der Waals surface area contributed by atoms with Crippen molar-refractivity contribution in [2.45, 2.75) is 59.3 Å². The van der Waals surface area contributed by atoms with E-state index >= 15 is 0 Å². The van der Waals surface area contributed by atoms with Gasteiger partial charge in [-0.1, -0.05) is 0 Å². The van der Waals surface area contributed by atoms with Crippen LogP contribution in [0.3, 0.4) is 0 Å². The van der Waals surface area contributed by atoms with Crippen LogP contribution in [-0.4, -0.2) is 125 Å².